The van der Waals surface area contributed by atoms with Gasteiger partial charge in [-0.1, -0.05) is 6.58 Å². The summed E-state index contributed by atoms with van der Waals surface area (Å²) in [4.78, 5) is 11.1. The third-order valence-corrected chi connectivity index (χ3v) is 1.94. The SMILES string of the molecule is C=C(C)C(=O)[C@H](O)[C@@H](O)[C@@H](O)[C@H](O)CO. The summed E-state index contributed by atoms with van der Waals surface area (Å²) in [7, 11) is 0. The first-order valence-electron chi connectivity index (χ1n) is 4.35. The van der Waals surface area contributed by atoms with Crippen LogP contribution < -0.4 is 0 Å². The molecule has 15 heavy (non-hydrogen) atoms. The first-order valence-corrected chi connectivity index (χ1v) is 4.35. The highest BCUT2D eigenvalue weighted by Gasteiger charge is 2.33. The van der Waals surface area contributed by atoms with Crippen LogP contribution in [0.1, 0.15) is 6.92 Å². The summed E-state index contributed by atoms with van der Waals surface area (Å²) in [6.45, 7) is 3.82. The van der Waals surface area contributed by atoms with Crippen molar-refractivity contribution in [3.05, 3.63) is 12.2 Å². The molecule has 5 N–H and O–H groups in total. The van der Waals surface area contributed by atoms with Crippen molar-refractivity contribution in [3.8, 4) is 0 Å². The van der Waals surface area contributed by atoms with E-state index in [-0.39, 0.29) is 5.57 Å². The van der Waals surface area contributed by atoms with Gasteiger partial charge in [-0.05, 0) is 12.5 Å². The van der Waals surface area contributed by atoms with Gasteiger partial charge in [0.1, 0.15) is 24.4 Å². The zero-order valence-electron chi connectivity index (χ0n) is 8.37. The lowest BCUT2D eigenvalue weighted by Gasteiger charge is -2.24. The second-order valence-electron chi connectivity index (χ2n) is 3.32. The minimum absolute atomic E-state index is 0.0206. The Balaban J connectivity index is 4.50. The molecule has 0 aliphatic heterocycles. The number of aliphatic hydroxyl groups is 5. The van der Waals surface area contributed by atoms with Crippen LogP contribution in [0.15, 0.2) is 12.2 Å². The topological polar surface area (TPSA) is 118 Å². The fraction of sp³-hybridized carbons (Fsp3) is 0.667. The molecule has 0 heterocycles. The average molecular weight is 220 g/mol. The van der Waals surface area contributed by atoms with Crippen LogP contribution in [0.25, 0.3) is 0 Å². The highest BCUT2D eigenvalue weighted by atomic mass is 16.4. The van der Waals surface area contributed by atoms with Gasteiger partial charge in [0.05, 0.1) is 6.61 Å². The Morgan fingerprint density at radius 3 is 2.00 bits per heavy atom. The Labute approximate surface area is 87.1 Å². The predicted molar refractivity (Wildman–Crippen MR) is 50.9 cm³/mol. The zero-order chi connectivity index (χ0) is 12.2. The standard InChI is InChI=1S/C9H16O6/c1-4(2)6(12)8(14)9(15)7(13)5(11)3-10/h5,7-11,13-15H,1,3H2,2H3/t5-,7+,8+,9+/m1/s1. The molecule has 0 saturated carbocycles. The molecule has 4 atom stereocenters. The van der Waals surface area contributed by atoms with Gasteiger partial charge in [-0.2, -0.15) is 0 Å². The van der Waals surface area contributed by atoms with Crippen molar-refractivity contribution < 1.29 is 30.3 Å². The molecule has 0 saturated heterocycles. The van der Waals surface area contributed by atoms with Crippen LogP contribution in [0.3, 0.4) is 0 Å². The largest absolute Gasteiger partial charge is 0.394 e. The molecule has 0 amide bonds. The van der Waals surface area contributed by atoms with Crippen molar-refractivity contribution in [1.82, 2.24) is 0 Å². The number of rotatable bonds is 6. The summed E-state index contributed by atoms with van der Waals surface area (Å²) in [5, 5.41) is 45.2. The molecule has 0 unspecified atom stereocenters. The Kier molecular flexibility index (Phi) is 5.63. The predicted octanol–water partition coefficient (Wildman–Crippen LogP) is -2.43. The molecule has 0 radical (unpaired) electrons. The van der Waals surface area contributed by atoms with E-state index in [1.165, 1.54) is 6.92 Å². The molecule has 0 aliphatic rings. The van der Waals surface area contributed by atoms with Crippen molar-refractivity contribution in [2.45, 2.75) is 31.3 Å². The summed E-state index contributed by atoms with van der Waals surface area (Å²) in [6.07, 6.45) is -7.14. The van der Waals surface area contributed by atoms with Crippen LogP contribution in [-0.2, 0) is 4.79 Å². The molecule has 88 valence electrons. The Bertz CT molecular complexity index is 239. The van der Waals surface area contributed by atoms with E-state index >= 15 is 0 Å². The normalized spacial score (nSPS) is 19.1. The summed E-state index contributed by atoms with van der Waals surface area (Å²) in [5.74, 6) is -0.827. The lowest BCUT2D eigenvalue weighted by Crippen LogP contribution is -2.48. The number of aliphatic hydroxyl groups excluding tert-OH is 5. The third-order valence-electron chi connectivity index (χ3n) is 1.94. The Morgan fingerprint density at radius 1 is 1.20 bits per heavy atom. The molecular formula is C9H16O6. The van der Waals surface area contributed by atoms with Crippen molar-refractivity contribution in [1.29, 1.82) is 0 Å². The summed E-state index contributed by atoms with van der Waals surface area (Å²) >= 11 is 0. The first-order chi connectivity index (χ1) is 6.82. The minimum Gasteiger partial charge on any atom is -0.394 e. The first kappa shape index (κ1) is 14.2. The second kappa shape index (κ2) is 5.94. The molecule has 6 heteroatoms. The van der Waals surface area contributed by atoms with Crippen molar-refractivity contribution >= 4 is 5.78 Å². The molecule has 0 aromatic heterocycles. The van der Waals surface area contributed by atoms with E-state index in [0.717, 1.165) is 0 Å². The van der Waals surface area contributed by atoms with Gasteiger partial charge in [-0.25, -0.2) is 0 Å². The van der Waals surface area contributed by atoms with E-state index in [0.29, 0.717) is 0 Å². The molecule has 0 aromatic rings. The van der Waals surface area contributed by atoms with Gasteiger partial charge in [0.15, 0.2) is 5.78 Å². The van der Waals surface area contributed by atoms with Crippen LogP contribution in [0.4, 0.5) is 0 Å². The van der Waals surface area contributed by atoms with Gasteiger partial charge in [0.2, 0.25) is 0 Å². The van der Waals surface area contributed by atoms with E-state index in [2.05, 4.69) is 6.58 Å². The molecule has 0 fully saturated rings. The van der Waals surface area contributed by atoms with Crippen molar-refractivity contribution in [3.63, 3.8) is 0 Å². The van der Waals surface area contributed by atoms with Crippen LogP contribution in [0.2, 0.25) is 0 Å². The molecule has 6 nitrogen and oxygen atoms in total. The average Bonchev–Trinajstić information content (AvgIpc) is 2.23. The maximum atomic E-state index is 11.1. The van der Waals surface area contributed by atoms with Gasteiger partial charge >= 0.3 is 0 Å². The summed E-state index contributed by atoms with van der Waals surface area (Å²) in [5.41, 5.74) is 0.0206. The van der Waals surface area contributed by atoms with Gasteiger partial charge in [-0.15, -0.1) is 0 Å². The quantitative estimate of drug-likeness (QED) is 0.318. The van der Waals surface area contributed by atoms with Crippen LogP contribution in [0.5, 0.6) is 0 Å². The molecular weight excluding hydrogens is 204 g/mol. The Morgan fingerprint density at radius 2 is 1.67 bits per heavy atom. The van der Waals surface area contributed by atoms with Gasteiger partial charge in [0, 0.05) is 0 Å². The van der Waals surface area contributed by atoms with E-state index in [9.17, 15) is 20.1 Å². The van der Waals surface area contributed by atoms with Crippen molar-refractivity contribution in [2.24, 2.45) is 0 Å². The van der Waals surface area contributed by atoms with Crippen molar-refractivity contribution in [2.75, 3.05) is 6.61 Å². The Hall–Kier alpha value is -0.790. The lowest BCUT2D eigenvalue weighted by atomic mass is 9.98. The minimum atomic E-state index is -1.86. The van der Waals surface area contributed by atoms with Gasteiger partial charge < -0.3 is 25.5 Å². The number of Topliss-reactive ketones (excluding diaryl/α,β-unsaturated/α-hetero) is 1. The molecule has 0 spiro atoms. The van der Waals surface area contributed by atoms with E-state index < -0.39 is 36.8 Å². The molecule has 0 rings (SSSR count). The molecule has 0 bridgehead atoms. The van der Waals surface area contributed by atoms with Crippen LogP contribution >= 0.6 is 0 Å². The second-order valence-corrected chi connectivity index (χ2v) is 3.32. The van der Waals surface area contributed by atoms with Crippen LogP contribution in [0, 0.1) is 0 Å². The number of hydrogen-bond acceptors (Lipinski definition) is 6. The summed E-state index contributed by atoms with van der Waals surface area (Å²) in [6, 6.07) is 0. The zero-order valence-corrected chi connectivity index (χ0v) is 8.37. The third kappa shape index (κ3) is 3.69. The highest BCUT2D eigenvalue weighted by molar-refractivity contribution is 5.97. The summed E-state index contributed by atoms with van der Waals surface area (Å²) < 4.78 is 0. The lowest BCUT2D eigenvalue weighted by molar-refractivity contribution is -0.143. The smallest absolute Gasteiger partial charge is 0.189 e. The van der Waals surface area contributed by atoms with E-state index in [1.807, 2.05) is 0 Å². The van der Waals surface area contributed by atoms with E-state index in [1.54, 1.807) is 0 Å². The fourth-order valence-electron chi connectivity index (χ4n) is 0.930. The van der Waals surface area contributed by atoms with Gasteiger partial charge in [0.25, 0.3) is 0 Å². The number of carbonyl (C=O) groups excluding carboxylic acids is 1. The van der Waals surface area contributed by atoms with Crippen LogP contribution in [-0.4, -0.2) is 62.3 Å². The van der Waals surface area contributed by atoms with E-state index in [4.69, 9.17) is 10.2 Å². The highest BCUT2D eigenvalue weighted by Crippen LogP contribution is 2.08. The fourth-order valence-corrected chi connectivity index (χ4v) is 0.930. The maximum absolute atomic E-state index is 11.1. The molecule has 0 aliphatic carbocycles. The number of hydrogen-bond donors (Lipinski definition) is 5. The number of ketones is 1. The number of carbonyl (C=O) groups is 1. The maximum Gasteiger partial charge on any atom is 0.189 e. The monoisotopic (exact) mass is 220 g/mol. The van der Waals surface area contributed by atoms with Gasteiger partial charge in [-0.3, -0.25) is 4.79 Å². The molecule has 0 aromatic carbocycles.